The van der Waals surface area contributed by atoms with E-state index >= 15 is 0 Å². The van der Waals surface area contributed by atoms with Gasteiger partial charge in [-0.3, -0.25) is 0 Å². The number of nitrogens with two attached hydrogens (primary N) is 1. The third-order valence-electron chi connectivity index (χ3n) is 3.24. The molecule has 2 aromatic heterocycles. The van der Waals surface area contributed by atoms with E-state index in [1.165, 1.54) is 0 Å². The van der Waals surface area contributed by atoms with Crippen molar-refractivity contribution in [2.75, 3.05) is 12.3 Å². The molecule has 0 aliphatic carbocycles. The summed E-state index contributed by atoms with van der Waals surface area (Å²) in [5.74, 6) is 1.52. The van der Waals surface area contributed by atoms with Gasteiger partial charge in [-0.15, -0.1) is 0 Å². The zero-order chi connectivity index (χ0) is 13.8. The summed E-state index contributed by atoms with van der Waals surface area (Å²) in [6.45, 7) is 5.10. The van der Waals surface area contributed by atoms with E-state index in [1.54, 1.807) is 12.4 Å². The van der Waals surface area contributed by atoms with Crippen LogP contribution in [0.4, 0.5) is 5.82 Å². The molecule has 19 heavy (non-hydrogen) atoms. The number of pyridine rings is 1. The van der Waals surface area contributed by atoms with Gasteiger partial charge in [0.2, 0.25) is 0 Å². The van der Waals surface area contributed by atoms with Gasteiger partial charge in [-0.1, -0.05) is 6.92 Å². The molecule has 0 aromatic carbocycles. The highest BCUT2D eigenvalue weighted by Gasteiger charge is 2.22. The van der Waals surface area contributed by atoms with Crippen molar-refractivity contribution in [3.63, 3.8) is 0 Å². The molecule has 0 saturated heterocycles. The fraction of sp³-hybridized carbons (Fsp3) is 0.429. The van der Waals surface area contributed by atoms with Gasteiger partial charge in [0, 0.05) is 31.2 Å². The highest BCUT2D eigenvalue weighted by Crippen LogP contribution is 2.27. The molecule has 5 heteroatoms. The Morgan fingerprint density at radius 2 is 2.16 bits per heavy atom. The van der Waals surface area contributed by atoms with Gasteiger partial charge >= 0.3 is 0 Å². The van der Waals surface area contributed by atoms with E-state index in [0.29, 0.717) is 5.82 Å². The molecule has 1 atom stereocenters. The number of aromatic nitrogens is 3. The van der Waals surface area contributed by atoms with Crippen molar-refractivity contribution in [2.45, 2.75) is 26.3 Å². The molecule has 0 fully saturated rings. The van der Waals surface area contributed by atoms with Crippen molar-refractivity contribution in [2.24, 2.45) is 7.05 Å². The first-order valence-electron chi connectivity index (χ1n) is 6.56. The van der Waals surface area contributed by atoms with Crippen molar-refractivity contribution in [1.82, 2.24) is 19.9 Å². The number of anilines is 1. The second-order valence-corrected chi connectivity index (χ2v) is 4.71. The SMILES string of the molecule is CCCNC(c1c(C)ccnc1N)c1nccn1C. The van der Waals surface area contributed by atoms with Crippen molar-refractivity contribution < 1.29 is 0 Å². The van der Waals surface area contributed by atoms with Gasteiger partial charge in [0.15, 0.2) is 0 Å². The molecule has 102 valence electrons. The van der Waals surface area contributed by atoms with Crippen LogP contribution in [0.2, 0.25) is 0 Å². The van der Waals surface area contributed by atoms with Crippen LogP contribution in [0, 0.1) is 6.92 Å². The van der Waals surface area contributed by atoms with Gasteiger partial charge in [-0.05, 0) is 31.5 Å². The average molecular weight is 259 g/mol. The van der Waals surface area contributed by atoms with Crippen LogP contribution >= 0.6 is 0 Å². The number of imidazole rings is 1. The third-order valence-corrected chi connectivity index (χ3v) is 3.24. The van der Waals surface area contributed by atoms with Crippen LogP contribution in [-0.2, 0) is 7.05 Å². The molecule has 0 bridgehead atoms. The normalized spacial score (nSPS) is 12.6. The highest BCUT2D eigenvalue weighted by atomic mass is 15.1. The number of rotatable bonds is 5. The quantitative estimate of drug-likeness (QED) is 0.859. The first-order chi connectivity index (χ1) is 9.15. The third kappa shape index (κ3) is 2.76. The molecule has 2 aromatic rings. The van der Waals surface area contributed by atoms with E-state index in [1.807, 2.05) is 23.9 Å². The van der Waals surface area contributed by atoms with Crippen LogP contribution in [0.5, 0.6) is 0 Å². The molecule has 1 unspecified atom stereocenters. The van der Waals surface area contributed by atoms with Gasteiger partial charge in [-0.2, -0.15) is 0 Å². The maximum atomic E-state index is 6.06. The van der Waals surface area contributed by atoms with Crippen molar-refractivity contribution in [3.05, 3.63) is 41.6 Å². The Kier molecular flexibility index (Phi) is 4.16. The molecule has 2 rings (SSSR count). The molecule has 0 aliphatic rings. The molecule has 0 spiro atoms. The van der Waals surface area contributed by atoms with Crippen LogP contribution < -0.4 is 11.1 Å². The van der Waals surface area contributed by atoms with Crippen LogP contribution in [-0.4, -0.2) is 21.1 Å². The second kappa shape index (κ2) is 5.84. The van der Waals surface area contributed by atoms with E-state index in [-0.39, 0.29) is 6.04 Å². The molecular formula is C14H21N5. The standard InChI is InChI=1S/C14H21N5/c1-4-6-16-12(14-18-8-9-19(14)3)11-10(2)5-7-17-13(11)15/h5,7-9,12,16H,4,6H2,1-3H3,(H2,15,17). The topological polar surface area (TPSA) is 68.8 Å². The Labute approximate surface area is 113 Å². The number of hydrogen-bond donors (Lipinski definition) is 2. The molecule has 0 radical (unpaired) electrons. The molecule has 5 nitrogen and oxygen atoms in total. The minimum absolute atomic E-state index is 0.0198. The summed E-state index contributed by atoms with van der Waals surface area (Å²) in [4.78, 5) is 8.65. The monoisotopic (exact) mass is 259 g/mol. The lowest BCUT2D eigenvalue weighted by Gasteiger charge is -2.21. The minimum Gasteiger partial charge on any atom is -0.383 e. The lowest BCUT2D eigenvalue weighted by atomic mass is 10.0. The number of hydrogen-bond acceptors (Lipinski definition) is 4. The lowest BCUT2D eigenvalue weighted by molar-refractivity contribution is 0.554. The Morgan fingerprint density at radius 1 is 1.37 bits per heavy atom. The summed E-state index contributed by atoms with van der Waals surface area (Å²) in [7, 11) is 1.99. The summed E-state index contributed by atoms with van der Waals surface area (Å²) in [5, 5.41) is 3.51. The predicted octanol–water partition coefficient (Wildman–Crippen LogP) is 1.79. The Balaban J connectivity index is 2.46. The number of nitrogens with one attached hydrogen (secondary N) is 1. The number of nitrogens with zero attached hydrogens (tertiary/aromatic N) is 3. The van der Waals surface area contributed by atoms with Crippen molar-refractivity contribution in [1.29, 1.82) is 0 Å². The number of aryl methyl sites for hydroxylation is 2. The zero-order valence-corrected chi connectivity index (χ0v) is 11.7. The van der Waals surface area contributed by atoms with Crippen LogP contribution in [0.1, 0.15) is 36.3 Å². The lowest BCUT2D eigenvalue weighted by Crippen LogP contribution is -2.27. The summed E-state index contributed by atoms with van der Waals surface area (Å²) in [5.41, 5.74) is 8.21. The molecule has 0 amide bonds. The maximum Gasteiger partial charge on any atom is 0.130 e. The summed E-state index contributed by atoms with van der Waals surface area (Å²) in [6, 6.07) is 1.96. The fourth-order valence-electron chi connectivity index (χ4n) is 2.23. The molecule has 0 aliphatic heterocycles. The van der Waals surface area contributed by atoms with Gasteiger partial charge in [-0.25, -0.2) is 9.97 Å². The van der Waals surface area contributed by atoms with E-state index in [4.69, 9.17) is 5.73 Å². The minimum atomic E-state index is -0.0198. The van der Waals surface area contributed by atoms with Gasteiger partial charge < -0.3 is 15.6 Å². The summed E-state index contributed by atoms with van der Waals surface area (Å²) < 4.78 is 2.01. The molecule has 0 saturated carbocycles. The Morgan fingerprint density at radius 3 is 2.74 bits per heavy atom. The predicted molar refractivity (Wildman–Crippen MR) is 76.7 cm³/mol. The first-order valence-corrected chi connectivity index (χ1v) is 6.56. The summed E-state index contributed by atoms with van der Waals surface area (Å²) in [6.07, 6.45) is 6.54. The number of nitrogen functional groups attached to an aromatic ring is 1. The van der Waals surface area contributed by atoms with E-state index < -0.39 is 0 Å². The van der Waals surface area contributed by atoms with Crippen LogP contribution in [0.3, 0.4) is 0 Å². The van der Waals surface area contributed by atoms with Crippen molar-refractivity contribution in [3.8, 4) is 0 Å². The van der Waals surface area contributed by atoms with Crippen LogP contribution in [0.25, 0.3) is 0 Å². The van der Waals surface area contributed by atoms with Crippen LogP contribution in [0.15, 0.2) is 24.7 Å². The average Bonchev–Trinajstić information content (AvgIpc) is 2.79. The Bertz CT molecular complexity index is 526. The Hall–Kier alpha value is -1.88. The van der Waals surface area contributed by atoms with Crippen molar-refractivity contribution >= 4 is 5.82 Å². The van der Waals surface area contributed by atoms with E-state index in [9.17, 15) is 0 Å². The zero-order valence-electron chi connectivity index (χ0n) is 11.7. The molecule has 2 heterocycles. The van der Waals surface area contributed by atoms with Gasteiger partial charge in [0.25, 0.3) is 0 Å². The fourth-order valence-corrected chi connectivity index (χ4v) is 2.23. The largest absolute Gasteiger partial charge is 0.383 e. The summed E-state index contributed by atoms with van der Waals surface area (Å²) >= 11 is 0. The van der Waals surface area contributed by atoms with Gasteiger partial charge in [0.05, 0.1) is 6.04 Å². The van der Waals surface area contributed by atoms with E-state index in [0.717, 1.165) is 29.9 Å². The maximum absolute atomic E-state index is 6.06. The smallest absolute Gasteiger partial charge is 0.130 e. The van der Waals surface area contributed by atoms with E-state index in [2.05, 4.69) is 29.1 Å². The highest BCUT2D eigenvalue weighted by molar-refractivity contribution is 5.48. The van der Waals surface area contributed by atoms with Gasteiger partial charge in [0.1, 0.15) is 11.6 Å². The molecule has 3 N–H and O–H groups in total. The molecular weight excluding hydrogens is 238 g/mol. The second-order valence-electron chi connectivity index (χ2n) is 4.71. The first kappa shape index (κ1) is 13.5.